The van der Waals surface area contributed by atoms with Crippen LogP contribution in [0, 0.1) is 11.8 Å². The predicted molar refractivity (Wildman–Crippen MR) is 254 cm³/mol. The number of nitrogens with one attached hydrogen (secondary N) is 5. The fourth-order valence-corrected chi connectivity index (χ4v) is 13.8. The summed E-state index contributed by atoms with van der Waals surface area (Å²) < 4.78 is 82.9. The lowest BCUT2D eigenvalue weighted by molar-refractivity contribution is 0.340. The van der Waals surface area contributed by atoms with Gasteiger partial charge in [-0.25, -0.2) is 59.4 Å². The third kappa shape index (κ3) is 11.9. The van der Waals surface area contributed by atoms with Crippen molar-refractivity contribution in [2.75, 3.05) is 48.5 Å². The van der Waals surface area contributed by atoms with Gasteiger partial charge in [0, 0.05) is 63.6 Å². The number of aromatic amines is 2. The maximum absolute atomic E-state index is 12.7. The minimum absolute atomic E-state index is 0.00680. The Morgan fingerprint density at radius 2 is 1.06 bits per heavy atom. The summed E-state index contributed by atoms with van der Waals surface area (Å²) in [7, 11) is -6.31. The molecule has 0 unspecified atom stereocenters. The van der Waals surface area contributed by atoms with Gasteiger partial charge in [0.1, 0.15) is 35.6 Å². The number of anilines is 2. The number of sulfonamides is 3. The van der Waals surface area contributed by atoms with Crippen LogP contribution in [0.2, 0.25) is 0 Å². The monoisotopic (exact) mass is 945 g/mol. The Balaban J connectivity index is 0.000000178. The van der Waals surface area contributed by atoms with Gasteiger partial charge in [-0.3, -0.25) is 0 Å². The summed E-state index contributed by atoms with van der Waals surface area (Å²) in [6.45, 7) is -0.00654. The van der Waals surface area contributed by atoms with Crippen LogP contribution in [0.1, 0.15) is 69.3 Å². The molecule has 0 bridgehead atoms. The summed E-state index contributed by atoms with van der Waals surface area (Å²) in [6, 6.07) is 22.8. The van der Waals surface area contributed by atoms with Gasteiger partial charge in [0.05, 0.1) is 27.2 Å². The van der Waals surface area contributed by atoms with Crippen LogP contribution in [0.4, 0.5) is 11.6 Å². The first kappa shape index (κ1) is 46.5. The van der Waals surface area contributed by atoms with Crippen LogP contribution >= 0.6 is 0 Å². The first-order valence-electron chi connectivity index (χ1n) is 22.3. The molecule has 65 heavy (non-hydrogen) atoms. The highest BCUT2D eigenvalue weighted by Gasteiger charge is 2.41. The van der Waals surface area contributed by atoms with E-state index in [1.165, 1.54) is 17.7 Å². The molecule has 2 atom stereocenters. The highest BCUT2D eigenvalue weighted by Crippen LogP contribution is 2.41. The van der Waals surface area contributed by atoms with Crippen molar-refractivity contribution in [3.8, 4) is 0 Å². The number of hydrogen-bond acceptors (Lipinski definition) is 12. The van der Waals surface area contributed by atoms with Crippen molar-refractivity contribution >= 4 is 63.8 Å². The molecule has 17 nitrogen and oxygen atoms in total. The first-order chi connectivity index (χ1) is 31.3. The molecule has 3 aliphatic carbocycles. The molecule has 3 fully saturated rings. The van der Waals surface area contributed by atoms with E-state index in [1.54, 1.807) is 30.9 Å². The standard InChI is InChI=1S/C23H29N5O2S.C22H30N6O4S2/c1-28(23-19-11-12-24-22(19)25-15-26-23)18-9-7-16(8-10-18)14-31(29,30)27-21-13-20(21)17-5-3-2-4-6-17;1-28(22-20-11-12-23-21(20)24-16-25-22)18-9-7-17(8-10-18)15-33(29,30)26-13-14-27-34(31,32)19-5-3-2-4-6-19/h2-6,11-12,15-16,18,20-21,27H,7-10,13-14H2,1H3,(H,24,25,26);2-6,11-12,16-18,26-27H,7-10,13-15H2,1H3,(H,23,24,25)/t16?,18?,20-,21+;17-,18-/m1./s1. The van der Waals surface area contributed by atoms with Crippen molar-refractivity contribution in [1.29, 1.82) is 0 Å². The van der Waals surface area contributed by atoms with Gasteiger partial charge in [-0.1, -0.05) is 48.5 Å². The normalized spacial score (nSPS) is 22.6. The van der Waals surface area contributed by atoms with Crippen molar-refractivity contribution in [2.45, 2.75) is 86.7 Å². The second-order valence-electron chi connectivity index (χ2n) is 17.6. The molecule has 5 N–H and O–H groups in total. The molecule has 3 saturated carbocycles. The maximum atomic E-state index is 12.7. The van der Waals surface area contributed by atoms with Gasteiger partial charge < -0.3 is 19.8 Å². The van der Waals surface area contributed by atoms with Crippen molar-refractivity contribution in [1.82, 2.24) is 44.1 Å². The summed E-state index contributed by atoms with van der Waals surface area (Å²) in [5.41, 5.74) is 2.87. The summed E-state index contributed by atoms with van der Waals surface area (Å²) in [5, 5.41) is 2.00. The van der Waals surface area contributed by atoms with E-state index < -0.39 is 30.1 Å². The molecule has 9 rings (SSSR count). The first-order valence-corrected chi connectivity index (χ1v) is 27.1. The average Bonchev–Trinajstić information content (AvgIpc) is 3.62. The molecule has 2 aromatic carbocycles. The second kappa shape index (κ2) is 20.3. The summed E-state index contributed by atoms with van der Waals surface area (Å²) in [5.74, 6) is 2.70. The van der Waals surface area contributed by atoms with Crippen LogP contribution in [0.25, 0.3) is 22.1 Å². The number of fused-ring (bicyclic) bond motifs is 2. The number of H-pyrrole nitrogens is 2. The number of rotatable bonds is 17. The van der Waals surface area contributed by atoms with Gasteiger partial charge in [0.25, 0.3) is 0 Å². The molecule has 4 aromatic heterocycles. The van der Waals surface area contributed by atoms with Gasteiger partial charge in [-0.05, 0) is 99.5 Å². The Labute approximate surface area is 381 Å². The van der Waals surface area contributed by atoms with E-state index in [0.29, 0.717) is 12.0 Å². The van der Waals surface area contributed by atoms with Crippen LogP contribution < -0.4 is 24.0 Å². The second-order valence-corrected chi connectivity index (χ2v) is 23.0. The van der Waals surface area contributed by atoms with E-state index in [4.69, 9.17) is 0 Å². The third-order valence-electron chi connectivity index (χ3n) is 13.1. The SMILES string of the molecule is CN(c1ncnc2[nH]ccc12)C1CCC(CS(=O)(=O)N[C@H]2C[C@@H]2c2ccccc2)CC1.CN(c1ncnc2[nH]ccc12)[C@H]1CC[C@H](CS(=O)(=O)NCCNS(=O)(=O)c2ccccc2)CC1. The molecule has 4 heterocycles. The Morgan fingerprint density at radius 3 is 1.58 bits per heavy atom. The Kier molecular flexibility index (Phi) is 14.5. The van der Waals surface area contributed by atoms with E-state index in [-0.39, 0.29) is 53.4 Å². The zero-order valence-electron chi connectivity index (χ0n) is 36.8. The highest BCUT2D eigenvalue weighted by atomic mass is 32.2. The summed E-state index contributed by atoms with van der Waals surface area (Å²) in [4.78, 5) is 28.2. The van der Waals surface area contributed by atoms with Crippen LogP contribution in [0.5, 0.6) is 0 Å². The molecule has 20 heteroatoms. The molecule has 3 aliphatic rings. The predicted octanol–water partition coefficient (Wildman–Crippen LogP) is 5.28. The van der Waals surface area contributed by atoms with Gasteiger partial charge in [-0.15, -0.1) is 0 Å². The van der Waals surface area contributed by atoms with Gasteiger partial charge in [-0.2, -0.15) is 0 Å². The number of benzene rings is 2. The Morgan fingerprint density at radius 1 is 0.585 bits per heavy atom. The van der Waals surface area contributed by atoms with Crippen LogP contribution in [0.3, 0.4) is 0 Å². The van der Waals surface area contributed by atoms with E-state index >= 15 is 0 Å². The van der Waals surface area contributed by atoms with Crippen molar-refractivity contribution in [3.05, 3.63) is 103 Å². The topological polar surface area (TPSA) is 228 Å². The maximum Gasteiger partial charge on any atom is 0.240 e. The van der Waals surface area contributed by atoms with Crippen molar-refractivity contribution < 1.29 is 25.3 Å². The molecule has 6 aromatic rings. The smallest absolute Gasteiger partial charge is 0.240 e. The molecule has 0 saturated heterocycles. The number of nitrogens with zero attached hydrogens (tertiary/aromatic N) is 6. The zero-order chi connectivity index (χ0) is 45.6. The lowest BCUT2D eigenvalue weighted by atomic mass is 9.86. The highest BCUT2D eigenvalue weighted by molar-refractivity contribution is 7.90. The van der Waals surface area contributed by atoms with Crippen molar-refractivity contribution in [3.63, 3.8) is 0 Å². The Hall–Kier alpha value is -4.99. The van der Waals surface area contributed by atoms with E-state index in [1.807, 2.05) is 49.8 Å². The van der Waals surface area contributed by atoms with Gasteiger partial charge in [0.15, 0.2) is 0 Å². The third-order valence-corrected chi connectivity index (χ3v) is 17.7. The molecular formula is C45H59N11O6S3. The minimum atomic E-state index is -3.65. The van der Waals surface area contributed by atoms with Gasteiger partial charge >= 0.3 is 0 Å². The molecule has 0 aliphatic heterocycles. The van der Waals surface area contributed by atoms with Crippen LogP contribution in [-0.2, 0) is 30.1 Å². The molecule has 0 radical (unpaired) electrons. The summed E-state index contributed by atoms with van der Waals surface area (Å²) >= 11 is 0. The Bertz CT molecular complexity index is 2830. The summed E-state index contributed by atoms with van der Waals surface area (Å²) in [6.07, 6.45) is 14.9. The molecule has 0 amide bonds. The van der Waals surface area contributed by atoms with Crippen LogP contribution in [-0.4, -0.2) is 112 Å². The largest absolute Gasteiger partial charge is 0.356 e. The molecule has 0 spiro atoms. The van der Waals surface area contributed by atoms with E-state index in [0.717, 1.165) is 91.5 Å². The zero-order valence-corrected chi connectivity index (χ0v) is 39.2. The fraction of sp³-hybridized carbons (Fsp3) is 0.467. The van der Waals surface area contributed by atoms with Crippen LogP contribution in [0.15, 0.2) is 103 Å². The fourth-order valence-electron chi connectivity index (χ4n) is 9.45. The lowest BCUT2D eigenvalue weighted by Crippen LogP contribution is -2.39. The number of hydrogen-bond donors (Lipinski definition) is 5. The minimum Gasteiger partial charge on any atom is -0.356 e. The van der Waals surface area contributed by atoms with E-state index in [9.17, 15) is 25.3 Å². The average molecular weight is 946 g/mol. The number of aromatic nitrogens is 6. The van der Waals surface area contributed by atoms with Gasteiger partial charge in [0.2, 0.25) is 30.1 Å². The van der Waals surface area contributed by atoms with E-state index in [2.05, 4.69) is 73.1 Å². The van der Waals surface area contributed by atoms with Crippen molar-refractivity contribution in [2.24, 2.45) is 11.8 Å². The quantitative estimate of drug-likeness (QED) is 0.0737. The molecular weight excluding hydrogens is 887 g/mol. The lowest BCUT2D eigenvalue weighted by Gasteiger charge is -2.35. The molecule has 348 valence electrons.